The predicted octanol–water partition coefficient (Wildman–Crippen LogP) is 2.41. The molecule has 2 aromatic rings. The number of hydrogen-bond donors (Lipinski definition) is 0. The molecule has 1 saturated heterocycles. The highest BCUT2D eigenvalue weighted by Crippen LogP contribution is 2.22. The summed E-state index contributed by atoms with van der Waals surface area (Å²) in [5, 5.41) is 14.4. The molecule has 25 heavy (non-hydrogen) atoms. The van der Waals surface area contributed by atoms with Gasteiger partial charge in [-0.15, -0.1) is 0 Å². The molecule has 0 saturated carbocycles. The third kappa shape index (κ3) is 4.40. The molecule has 132 valence electrons. The van der Waals surface area contributed by atoms with Crippen LogP contribution in [0.15, 0.2) is 36.5 Å². The Kier molecular flexibility index (Phi) is 5.06. The van der Waals surface area contributed by atoms with E-state index in [0.717, 1.165) is 24.8 Å². The lowest BCUT2D eigenvalue weighted by molar-refractivity contribution is -0.389. The largest absolute Gasteiger partial charge is 0.389 e. The Hall–Kier alpha value is -2.77. The van der Waals surface area contributed by atoms with Crippen molar-refractivity contribution in [1.29, 1.82) is 0 Å². The maximum atomic E-state index is 12.9. The zero-order valence-electron chi connectivity index (χ0n) is 13.7. The van der Waals surface area contributed by atoms with Gasteiger partial charge in [0.1, 0.15) is 12.4 Å². The maximum absolute atomic E-state index is 12.9. The number of carbonyl (C=O) groups excluding carboxylic acids is 1. The van der Waals surface area contributed by atoms with Crippen molar-refractivity contribution in [1.82, 2.24) is 14.7 Å². The minimum absolute atomic E-state index is 0.0104. The van der Waals surface area contributed by atoms with E-state index in [9.17, 15) is 19.3 Å². The Morgan fingerprint density at radius 1 is 1.24 bits per heavy atom. The summed E-state index contributed by atoms with van der Waals surface area (Å²) in [6, 6.07) is 7.83. The van der Waals surface area contributed by atoms with Crippen LogP contribution in [-0.4, -0.2) is 38.6 Å². The van der Waals surface area contributed by atoms with Crippen molar-refractivity contribution in [3.05, 3.63) is 58.0 Å². The fourth-order valence-electron chi connectivity index (χ4n) is 3.12. The first-order chi connectivity index (χ1) is 12.0. The van der Waals surface area contributed by atoms with Crippen LogP contribution in [-0.2, 0) is 17.8 Å². The first-order valence-electron chi connectivity index (χ1n) is 8.21. The summed E-state index contributed by atoms with van der Waals surface area (Å²) in [6.45, 7) is 1.33. The Morgan fingerprint density at radius 3 is 2.52 bits per heavy atom. The van der Waals surface area contributed by atoms with Crippen LogP contribution < -0.4 is 0 Å². The molecule has 7 nitrogen and oxygen atoms in total. The minimum atomic E-state index is -0.581. The number of nitro groups is 1. The third-order valence-electron chi connectivity index (χ3n) is 4.52. The number of likely N-dealkylation sites (tertiary alicyclic amines) is 1. The van der Waals surface area contributed by atoms with Crippen LogP contribution in [0, 0.1) is 21.8 Å². The predicted molar refractivity (Wildman–Crippen MR) is 88.3 cm³/mol. The summed E-state index contributed by atoms with van der Waals surface area (Å²) in [5.74, 6) is -0.104. The molecule has 0 radical (unpaired) electrons. The van der Waals surface area contributed by atoms with E-state index in [0.29, 0.717) is 19.0 Å². The molecule has 2 heterocycles. The van der Waals surface area contributed by atoms with E-state index >= 15 is 0 Å². The number of benzene rings is 1. The van der Waals surface area contributed by atoms with Crippen LogP contribution in [0.25, 0.3) is 0 Å². The van der Waals surface area contributed by atoms with Crippen LogP contribution in [0.1, 0.15) is 18.4 Å². The van der Waals surface area contributed by atoms with Crippen LogP contribution in [0.5, 0.6) is 0 Å². The van der Waals surface area contributed by atoms with Gasteiger partial charge in [-0.3, -0.25) is 4.79 Å². The van der Waals surface area contributed by atoms with Gasteiger partial charge in [-0.25, -0.2) is 4.39 Å². The maximum Gasteiger partial charge on any atom is 0.389 e. The molecule has 0 unspecified atom stereocenters. The van der Waals surface area contributed by atoms with Gasteiger partial charge in [-0.2, -0.15) is 4.68 Å². The molecule has 1 aromatic carbocycles. The van der Waals surface area contributed by atoms with E-state index in [4.69, 9.17) is 0 Å². The minimum Gasteiger partial charge on any atom is -0.358 e. The summed E-state index contributed by atoms with van der Waals surface area (Å²) in [6.07, 6.45) is 4.11. The van der Waals surface area contributed by atoms with Gasteiger partial charge in [0.05, 0.1) is 17.4 Å². The second-order valence-electron chi connectivity index (χ2n) is 6.28. The van der Waals surface area contributed by atoms with Crippen molar-refractivity contribution in [2.75, 3.05) is 13.1 Å². The lowest BCUT2D eigenvalue weighted by atomic mass is 9.90. The highest BCUT2D eigenvalue weighted by Gasteiger charge is 2.24. The summed E-state index contributed by atoms with van der Waals surface area (Å²) in [5.41, 5.74) is 1.11. The molecule has 1 fully saturated rings. The number of nitrogens with zero attached hydrogens (tertiary/aromatic N) is 4. The van der Waals surface area contributed by atoms with Crippen molar-refractivity contribution in [2.24, 2.45) is 5.92 Å². The molecule has 0 atom stereocenters. The van der Waals surface area contributed by atoms with E-state index in [1.54, 1.807) is 17.0 Å². The molecule has 8 heteroatoms. The standard InChI is InChI=1S/C17H19FN4O3/c18-15-3-1-13(2-4-15)11-14-5-8-20(9-6-14)17(23)12-21-10-7-16(19-21)22(24)25/h1-4,7,10,14H,5-6,8-9,11-12H2. The summed E-state index contributed by atoms with van der Waals surface area (Å²) in [4.78, 5) is 24.1. The van der Waals surface area contributed by atoms with Crippen LogP contribution in [0.4, 0.5) is 10.2 Å². The Bertz CT molecular complexity index is 752. The van der Waals surface area contributed by atoms with E-state index in [1.807, 2.05) is 0 Å². The molecular formula is C17H19FN4O3. The van der Waals surface area contributed by atoms with E-state index < -0.39 is 4.92 Å². The first kappa shape index (κ1) is 17.1. The number of carbonyl (C=O) groups is 1. The average molecular weight is 346 g/mol. The molecule has 1 aromatic heterocycles. The SMILES string of the molecule is O=C(Cn1ccc([N+](=O)[O-])n1)N1CCC(Cc2ccc(F)cc2)CC1. The van der Waals surface area contributed by atoms with Gasteiger partial charge in [0.2, 0.25) is 5.91 Å². The zero-order valence-corrected chi connectivity index (χ0v) is 13.7. The van der Waals surface area contributed by atoms with Crippen molar-refractivity contribution in [3.8, 4) is 0 Å². The van der Waals surface area contributed by atoms with Gasteiger partial charge >= 0.3 is 5.82 Å². The highest BCUT2D eigenvalue weighted by atomic mass is 19.1. The summed E-state index contributed by atoms with van der Waals surface area (Å²) >= 11 is 0. The number of hydrogen-bond acceptors (Lipinski definition) is 4. The molecule has 1 aliphatic heterocycles. The number of amides is 1. The van der Waals surface area contributed by atoms with Crippen molar-refractivity contribution in [2.45, 2.75) is 25.8 Å². The smallest absolute Gasteiger partial charge is 0.358 e. The molecule has 0 N–H and O–H groups in total. The summed E-state index contributed by atoms with van der Waals surface area (Å²) < 4.78 is 14.2. The van der Waals surface area contributed by atoms with Crippen molar-refractivity contribution in [3.63, 3.8) is 0 Å². The molecule has 3 rings (SSSR count). The molecule has 0 bridgehead atoms. The van der Waals surface area contributed by atoms with E-state index in [2.05, 4.69) is 5.10 Å². The third-order valence-corrected chi connectivity index (χ3v) is 4.52. The van der Waals surface area contributed by atoms with Gasteiger partial charge in [-0.05, 0) is 47.8 Å². The highest BCUT2D eigenvalue weighted by molar-refractivity contribution is 5.76. The second-order valence-corrected chi connectivity index (χ2v) is 6.28. The molecular weight excluding hydrogens is 327 g/mol. The van der Waals surface area contributed by atoms with Gasteiger partial charge in [0.15, 0.2) is 0 Å². The van der Waals surface area contributed by atoms with E-state index in [1.165, 1.54) is 29.1 Å². The first-order valence-corrected chi connectivity index (χ1v) is 8.21. The van der Waals surface area contributed by atoms with E-state index in [-0.39, 0.29) is 24.1 Å². The number of rotatable bonds is 5. The Morgan fingerprint density at radius 2 is 1.92 bits per heavy atom. The number of halogens is 1. The fraction of sp³-hybridized carbons (Fsp3) is 0.412. The Balaban J connectivity index is 1.48. The van der Waals surface area contributed by atoms with Gasteiger partial charge in [0, 0.05) is 13.1 Å². The number of aromatic nitrogens is 2. The normalized spacial score (nSPS) is 15.3. The quantitative estimate of drug-likeness (QED) is 0.615. The van der Waals surface area contributed by atoms with Gasteiger partial charge in [0.25, 0.3) is 0 Å². The van der Waals surface area contributed by atoms with Crippen molar-refractivity contribution < 1.29 is 14.1 Å². The van der Waals surface area contributed by atoms with Crippen LogP contribution in [0.3, 0.4) is 0 Å². The lowest BCUT2D eigenvalue weighted by Crippen LogP contribution is -2.40. The van der Waals surface area contributed by atoms with Crippen LogP contribution in [0.2, 0.25) is 0 Å². The topological polar surface area (TPSA) is 81.3 Å². The van der Waals surface area contributed by atoms with Crippen molar-refractivity contribution >= 4 is 11.7 Å². The Labute approximate surface area is 144 Å². The monoisotopic (exact) mass is 346 g/mol. The van der Waals surface area contributed by atoms with Crippen LogP contribution >= 0.6 is 0 Å². The second kappa shape index (κ2) is 7.42. The lowest BCUT2D eigenvalue weighted by Gasteiger charge is -2.32. The fourth-order valence-corrected chi connectivity index (χ4v) is 3.12. The average Bonchev–Trinajstić information content (AvgIpc) is 3.06. The number of piperidine rings is 1. The molecule has 1 amide bonds. The summed E-state index contributed by atoms with van der Waals surface area (Å²) in [7, 11) is 0. The van der Waals surface area contributed by atoms with Gasteiger partial charge in [-0.1, -0.05) is 12.1 Å². The molecule has 0 spiro atoms. The van der Waals surface area contributed by atoms with Gasteiger partial charge < -0.3 is 15.0 Å². The zero-order chi connectivity index (χ0) is 17.8. The molecule has 0 aliphatic carbocycles. The molecule has 1 aliphatic rings.